The lowest BCUT2D eigenvalue weighted by Gasteiger charge is -2.15. The fraction of sp³-hybridized carbons (Fsp3) is 0.600. The fourth-order valence-electron chi connectivity index (χ4n) is 1.99. The van der Waals surface area contributed by atoms with Crippen LogP contribution < -0.4 is 0 Å². The highest BCUT2D eigenvalue weighted by atomic mass is 32.1. The molecule has 1 aliphatic carbocycles. The summed E-state index contributed by atoms with van der Waals surface area (Å²) in [6.45, 7) is 0. The van der Waals surface area contributed by atoms with Gasteiger partial charge in [-0.25, -0.2) is 0 Å². The van der Waals surface area contributed by atoms with Crippen molar-refractivity contribution < 1.29 is 5.11 Å². The Morgan fingerprint density at radius 2 is 2.17 bits per heavy atom. The maximum absolute atomic E-state index is 9.92. The highest BCUT2D eigenvalue weighted by molar-refractivity contribution is 7.07. The van der Waals surface area contributed by atoms with Crippen LogP contribution in [0.5, 0.6) is 0 Å². The first-order chi connectivity index (χ1) is 5.88. The van der Waals surface area contributed by atoms with E-state index in [1.807, 2.05) is 11.4 Å². The van der Waals surface area contributed by atoms with Crippen LogP contribution in [-0.2, 0) is 0 Å². The van der Waals surface area contributed by atoms with Crippen molar-refractivity contribution in [1.29, 1.82) is 0 Å². The Kier molecular flexibility index (Phi) is 2.47. The smallest absolute Gasteiger partial charge is 0.0826 e. The van der Waals surface area contributed by atoms with E-state index in [9.17, 15) is 5.11 Å². The summed E-state index contributed by atoms with van der Waals surface area (Å²) in [5.74, 6) is 0.527. The lowest BCUT2D eigenvalue weighted by Crippen LogP contribution is -2.07. The molecule has 0 bridgehead atoms. The third kappa shape index (κ3) is 1.54. The Hall–Kier alpha value is -0.340. The zero-order chi connectivity index (χ0) is 8.39. The Morgan fingerprint density at radius 1 is 1.42 bits per heavy atom. The Balaban J connectivity index is 2.04. The summed E-state index contributed by atoms with van der Waals surface area (Å²) in [7, 11) is 0. The third-order valence-electron chi connectivity index (χ3n) is 2.73. The predicted octanol–water partition coefficient (Wildman–Crippen LogP) is 2.97. The predicted molar refractivity (Wildman–Crippen MR) is 51.2 cm³/mol. The van der Waals surface area contributed by atoms with E-state index in [1.165, 1.54) is 25.7 Å². The molecule has 2 rings (SSSR count). The van der Waals surface area contributed by atoms with Crippen molar-refractivity contribution in [3.8, 4) is 0 Å². The first-order valence-electron chi connectivity index (χ1n) is 4.58. The lowest BCUT2D eigenvalue weighted by molar-refractivity contribution is 0.112. The van der Waals surface area contributed by atoms with Gasteiger partial charge in [0.1, 0.15) is 0 Å². The van der Waals surface area contributed by atoms with Crippen molar-refractivity contribution in [2.45, 2.75) is 31.8 Å². The molecule has 2 heteroatoms. The van der Waals surface area contributed by atoms with E-state index in [0.717, 1.165) is 5.56 Å². The standard InChI is InChI=1S/C10H14OS/c11-10(8-3-1-2-4-8)9-5-6-12-7-9/h5-8,10-11H,1-4H2. The summed E-state index contributed by atoms with van der Waals surface area (Å²) in [4.78, 5) is 0. The number of hydrogen-bond donors (Lipinski definition) is 1. The summed E-state index contributed by atoms with van der Waals surface area (Å²) in [5, 5.41) is 14.0. The number of hydrogen-bond acceptors (Lipinski definition) is 2. The largest absolute Gasteiger partial charge is 0.388 e. The molecule has 1 aromatic heterocycles. The zero-order valence-corrected chi connectivity index (χ0v) is 7.89. The highest BCUT2D eigenvalue weighted by Crippen LogP contribution is 2.35. The molecule has 1 atom stereocenters. The number of thiophene rings is 1. The van der Waals surface area contributed by atoms with Crippen molar-refractivity contribution in [2.24, 2.45) is 5.92 Å². The van der Waals surface area contributed by atoms with E-state index in [0.29, 0.717) is 5.92 Å². The minimum absolute atomic E-state index is 0.196. The molecule has 12 heavy (non-hydrogen) atoms. The molecule has 1 nitrogen and oxygen atoms in total. The van der Waals surface area contributed by atoms with Crippen molar-refractivity contribution in [3.63, 3.8) is 0 Å². The second-order valence-electron chi connectivity index (χ2n) is 3.55. The van der Waals surface area contributed by atoms with Gasteiger partial charge in [0.25, 0.3) is 0 Å². The molecular formula is C10H14OS. The molecule has 66 valence electrons. The van der Waals surface area contributed by atoms with Crippen LogP contribution in [0.4, 0.5) is 0 Å². The third-order valence-corrected chi connectivity index (χ3v) is 3.43. The van der Waals surface area contributed by atoms with E-state index in [4.69, 9.17) is 0 Å². The van der Waals surface area contributed by atoms with E-state index < -0.39 is 0 Å². The van der Waals surface area contributed by atoms with Crippen molar-refractivity contribution >= 4 is 11.3 Å². The lowest BCUT2D eigenvalue weighted by atomic mass is 9.96. The summed E-state index contributed by atoms with van der Waals surface area (Å²) in [6, 6.07) is 2.04. The molecule has 1 aromatic rings. The van der Waals surface area contributed by atoms with Crippen LogP contribution in [0.25, 0.3) is 0 Å². The molecule has 0 aromatic carbocycles. The fourth-order valence-corrected chi connectivity index (χ4v) is 2.68. The van der Waals surface area contributed by atoms with Gasteiger partial charge in [-0.1, -0.05) is 12.8 Å². The van der Waals surface area contributed by atoms with Gasteiger partial charge in [0.05, 0.1) is 6.10 Å². The maximum Gasteiger partial charge on any atom is 0.0826 e. The van der Waals surface area contributed by atoms with E-state index in [-0.39, 0.29) is 6.10 Å². The molecule has 0 radical (unpaired) electrons. The second kappa shape index (κ2) is 3.58. The molecule has 0 saturated heterocycles. The van der Waals surface area contributed by atoms with E-state index >= 15 is 0 Å². The second-order valence-corrected chi connectivity index (χ2v) is 4.33. The minimum Gasteiger partial charge on any atom is -0.388 e. The summed E-state index contributed by atoms with van der Waals surface area (Å²) in [5.41, 5.74) is 1.12. The number of aliphatic hydroxyl groups is 1. The van der Waals surface area contributed by atoms with E-state index in [1.54, 1.807) is 11.3 Å². The molecular weight excluding hydrogens is 168 g/mol. The molecule has 1 unspecified atom stereocenters. The first-order valence-corrected chi connectivity index (χ1v) is 5.52. The molecule has 1 N–H and O–H groups in total. The molecule has 1 aliphatic rings. The average Bonchev–Trinajstić information content (AvgIpc) is 2.77. The summed E-state index contributed by atoms with van der Waals surface area (Å²) >= 11 is 1.67. The Labute approximate surface area is 77.0 Å². The van der Waals surface area contributed by atoms with Gasteiger partial charge < -0.3 is 5.11 Å². The van der Waals surface area contributed by atoms with Gasteiger partial charge in [0.2, 0.25) is 0 Å². The van der Waals surface area contributed by atoms with Gasteiger partial charge in [-0.05, 0) is 41.1 Å². The monoisotopic (exact) mass is 182 g/mol. The zero-order valence-electron chi connectivity index (χ0n) is 7.07. The Bertz CT molecular complexity index is 224. The number of rotatable bonds is 2. The molecule has 1 saturated carbocycles. The van der Waals surface area contributed by atoms with Gasteiger partial charge in [0, 0.05) is 0 Å². The van der Waals surface area contributed by atoms with Crippen LogP contribution in [0.3, 0.4) is 0 Å². The molecule has 1 fully saturated rings. The van der Waals surface area contributed by atoms with Crippen molar-refractivity contribution in [3.05, 3.63) is 22.4 Å². The summed E-state index contributed by atoms with van der Waals surface area (Å²) in [6.07, 6.45) is 4.81. The molecule has 0 aliphatic heterocycles. The van der Waals surface area contributed by atoms with Crippen LogP contribution in [0.2, 0.25) is 0 Å². The van der Waals surface area contributed by atoms with Crippen molar-refractivity contribution in [1.82, 2.24) is 0 Å². The quantitative estimate of drug-likeness (QED) is 0.745. The van der Waals surface area contributed by atoms with Crippen LogP contribution in [0, 0.1) is 5.92 Å². The van der Waals surface area contributed by atoms with Gasteiger partial charge in [0.15, 0.2) is 0 Å². The SMILES string of the molecule is OC(c1ccsc1)C1CCCC1. The van der Waals surface area contributed by atoms with Crippen molar-refractivity contribution in [2.75, 3.05) is 0 Å². The highest BCUT2D eigenvalue weighted by Gasteiger charge is 2.24. The summed E-state index contributed by atoms with van der Waals surface area (Å²) < 4.78 is 0. The van der Waals surface area contributed by atoms with Crippen LogP contribution in [0.15, 0.2) is 16.8 Å². The van der Waals surface area contributed by atoms with E-state index in [2.05, 4.69) is 5.38 Å². The first kappa shape index (κ1) is 8.27. The molecule has 1 heterocycles. The topological polar surface area (TPSA) is 20.2 Å². The van der Waals surface area contributed by atoms with Gasteiger partial charge in [-0.15, -0.1) is 0 Å². The van der Waals surface area contributed by atoms with Gasteiger partial charge >= 0.3 is 0 Å². The van der Waals surface area contributed by atoms with Crippen LogP contribution in [0.1, 0.15) is 37.4 Å². The molecule has 0 spiro atoms. The Morgan fingerprint density at radius 3 is 2.75 bits per heavy atom. The van der Waals surface area contributed by atoms with Crippen LogP contribution in [-0.4, -0.2) is 5.11 Å². The van der Waals surface area contributed by atoms with Gasteiger partial charge in [-0.3, -0.25) is 0 Å². The molecule has 0 amide bonds. The van der Waals surface area contributed by atoms with Crippen LogP contribution >= 0.6 is 11.3 Å². The maximum atomic E-state index is 9.92. The average molecular weight is 182 g/mol. The number of aliphatic hydroxyl groups excluding tert-OH is 1. The van der Waals surface area contributed by atoms with Gasteiger partial charge in [-0.2, -0.15) is 11.3 Å². The minimum atomic E-state index is -0.196. The normalized spacial score (nSPS) is 21.4.